The summed E-state index contributed by atoms with van der Waals surface area (Å²) in [6.45, 7) is 0. The van der Waals surface area contributed by atoms with Gasteiger partial charge in [-0.05, 0) is 96.1 Å². The van der Waals surface area contributed by atoms with Crippen LogP contribution in [0.15, 0.2) is 176 Å². The SMILES string of the molecule is Clc1cc(-c2ccc(N(c3ccccc3)c3cccc(N(c4ccccc4)c4ccccc4)c3)cc2)c2c(c1)sc1ccccc12. The lowest BCUT2D eigenvalue weighted by molar-refractivity contribution is 1.25. The summed E-state index contributed by atoms with van der Waals surface area (Å²) in [4.78, 5) is 4.61. The fourth-order valence-corrected chi connectivity index (χ4v) is 7.69. The van der Waals surface area contributed by atoms with Crippen LogP contribution in [0.1, 0.15) is 0 Å². The zero-order valence-corrected chi connectivity index (χ0v) is 26.5. The van der Waals surface area contributed by atoms with Crippen LogP contribution >= 0.6 is 22.9 Å². The fraction of sp³-hybridized carbons (Fsp3) is 0. The van der Waals surface area contributed by atoms with E-state index in [2.05, 4.69) is 186 Å². The summed E-state index contributed by atoms with van der Waals surface area (Å²) in [5.41, 5.74) is 8.83. The van der Waals surface area contributed by atoms with Crippen molar-refractivity contribution in [3.63, 3.8) is 0 Å². The Morgan fingerprint density at radius 3 is 1.43 bits per heavy atom. The molecule has 0 saturated carbocycles. The van der Waals surface area contributed by atoms with Crippen molar-refractivity contribution in [2.45, 2.75) is 0 Å². The van der Waals surface area contributed by atoms with E-state index in [0.717, 1.165) is 50.3 Å². The molecule has 0 atom stereocenters. The first-order valence-corrected chi connectivity index (χ1v) is 16.5. The van der Waals surface area contributed by atoms with Gasteiger partial charge in [0.1, 0.15) is 0 Å². The van der Waals surface area contributed by atoms with Gasteiger partial charge in [0, 0.05) is 59.3 Å². The minimum atomic E-state index is 0.752. The number of para-hydroxylation sites is 3. The molecule has 8 rings (SSSR count). The van der Waals surface area contributed by atoms with Crippen molar-refractivity contribution in [2.75, 3.05) is 9.80 Å². The second kappa shape index (κ2) is 12.2. The fourth-order valence-electron chi connectivity index (χ4n) is 6.24. The van der Waals surface area contributed by atoms with Crippen molar-refractivity contribution in [3.8, 4) is 11.1 Å². The summed E-state index contributed by atoms with van der Waals surface area (Å²) in [5, 5.41) is 3.27. The van der Waals surface area contributed by atoms with E-state index in [9.17, 15) is 0 Å². The minimum Gasteiger partial charge on any atom is -0.310 e. The Morgan fingerprint density at radius 1 is 0.391 bits per heavy atom. The van der Waals surface area contributed by atoms with E-state index < -0.39 is 0 Å². The van der Waals surface area contributed by atoms with Crippen LogP contribution in [0, 0.1) is 0 Å². The van der Waals surface area contributed by atoms with Crippen molar-refractivity contribution >= 4 is 77.2 Å². The summed E-state index contributed by atoms with van der Waals surface area (Å²) < 4.78 is 2.48. The van der Waals surface area contributed by atoms with E-state index in [0.29, 0.717) is 0 Å². The molecule has 0 aliphatic carbocycles. The third-order valence-corrected chi connectivity index (χ3v) is 9.61. The Balaban J connectivity index is 1.24. The third kappa shape index (κ3) is 5.30. The molecule has 0 N–H and O–H groups in total. The van der Waals surface area contributed by atoms with Gasteiger partial charge >= 0.3 is 0 Å². The van der Waals surface area contributed by atoms with E-state index in [1.807, 2.05) is 0 Å². The molecule has 0 amide bonds. The maximum absolute atomic E-state index is 6.67. The van der Waals surface area contributed by atoms with Crippen LogP contribution in [0.3, 0.4) is 0 Å². The van der Waals surface area contributed by atoms with Gasteiger partial charge < -0.3 is 9.80 Å². The number of anilines is 6. The molecule has 4 heteroatoms. The van der Waals surface area contributed by atoms with Crippen LogP contribution in [0.5, 0.6) is 0 Å². The summed E-state index contributed by atoms with van der Waals surface area (Å²) >= 11 is 8.46. The highest BCUT2D eigenvalue weighted by Gasteiger charge is 2.18. The quantitative estimate of drug-likeness (QED) is 0.173. The van der Waals surface area contributed by atoms with Gasteiger partial charge in [0.2, 0.25) is 0 Å². The summed E-state index contributed by atoms with van der Waals surface area (Å²) in [6, 6.07) is 62.0. The molecule has 0 unspecified atom stereocenters. The van der Waals surface area contributed by atoms with Crippen LogP contribution in [0.2, 0.25) is 5.02 Å². The summed E-state index contributed by atoms with van der Waals surface area (Å²) in [5.74, 6) is 0. The molecule has 0 fully saturated rings. The van der Waals surface area contributed by atoms with Crippen molar-refractivity contribution in [2.24, 2.45) is 0 Å². The van der Waals surface area contributed by atoms with Crippen LogP contribution in [-0.2, 0) is 0 Å². The average molecular weight is 629 g/mol. The maximum atomic E-state index is 6.67. The topological polar surface area (TPSA) is 6.48 Å². The zero-order chi connectivity index (χ0) is 30.9. The molecule has 0 saturated heterocycles. The van der Waals surface area contributed by atoms with Crippen molar-refractivity contribution in [3.05, 3.63) is 181 Å². The van der Waals surface area contributed by atoms with Gasteiger partial charge in [-0.15, -0.1) is 11.3 Å². The standard InChI is InChI=1S/C42H29ClN2S/c43-31-27-39(42-38-21-10-11-22-40(38)46-41(42)28-31)30-23-25-35(26-24-30)45(34-17-8-3-9-18-34)37-20-12-19-36(29-37)44(32-13-4-1-5-14-32)33-15-6-2-7-16-33/h1-29H. The number of hydrogen-bond donors (Lipinski definition) is 0. The van der Waals surface area contributed by atoms with Crippen molar-refractivity contribution in [1.82, 2.24) is 0 Å². The third-order valence-electron chi connectivity index (χ3n) is 8.27. The molecular weight excluding hydrogens is 600 g/mol. The van der Waals surface area contributed by atoms with Gasteiger partial charge in [0.05, 0.1) is 0 Å². The Kier molecular flexibility index (Phi) is 7.47. The van der Waals surface area contributed by atoms with Gasteiger partial charge in [0.15, 0.2) is 0 Å². The van der Waals surface area contributed by atoms with Crippen LogP contribution < -0.4 is 9.80 Å². The number of thiophene rings is 1. The monoisotopic (exact) mass is 628 g/mol. The van der Waals surface area contributed by atoms with Gasteiger partial charge in [-0.25, -0.2) is 0 Å². The Morgan fingerprint density at radius 2 is 0.870 bits per heavy atom. The van der Waals surface area contributed by atoms with Crippen LogP contribution in [0.25, 0.3) is 31.3 Å². The van der Waals surface area contributed by atoms with Crippen LogP contribution in [-0.4, -0.2) is 0 Å². The number of benzene rings is 7. The van der Waals surface area contributed by atoms with Crippen molar-refractivity contribution in [1.29, 1.82) is 0 Å². The highest BCUT2D eigenvalue weighted by atomic mass is 35.5. The lowest BCUT2D eigenvalue weighted by Crippen LogP contribution is -2.13. The van der Waals surface area contributed by atoms with Gasteiger partial charge in [-0.2, -0.15) is 0 Å². The second-order valence-electron chi connectivity index (χ2n) is 11.2. The molecule has 2 nitrogen and oxygen atoms in total. The number of fused-ring (bicyclic) bond motifs is 3. The first-order valence-electron chi connectivity index (χ1n) is 15.3. The first-order chi connectivity index (χ1) is 22.7. The second-order valence-corrected chi connectivity index (χ2v) is 12.7. The molecule has 0 aliphatic rings. The Labute approximate surface area is 278 Å². The maximum Gasteiger partial charge on any atom is 0.0482 e. The van der Waals surface area contributed by atoms with E-state index in [-0.39, 0.29) is 0 Å². The molecule has 8 aromatic rings. The highest BCUT2D eigenvalue weighted by Crippen LogP contribution is 2.44. The van der Waals surface area contributed by atoms with Crippen LogP contribution in [0.4, 0.5) is 34.1 Å². The highest BCUT2D eigenvalue weighted by molar-refractivity contribution is 7.26. The minimum absolute atomic E-state index is 0.752. The van der Waals surface area contributed by atoms with E-state index in [1.165, 1.54) is 20.2 Å². The molecule has 7 aromatic carbocycles. The number of hydrogen-bond acceptors (Lipinski definition) is 3. The number of halogens is 1. The molecule has 1 heterocycles. The zero-order valence-electron chi connectivity index (χ0n) is 24.9. The molecule has 0 spiro atoms. The predicted octanol–water partition coefficient (Wildman–Crippen LogP) is 13.3. The first kappa shape index (κ1) is 28.1. The molecule has 0 radical (unpaired) electrons. The lowest BCUT2D eigenvalue weighted by atomic mass is 9.99. The smallest absolute Gasteiger partial charge is 0.0482 e. The molecule has 0 bridgehead atoms. The Hall–Kier alpha value is -5.35. The molecular formula is C42H29ClN2S. The normalized spacial score (nSPS) is 11.2. The molecule has 46 heavy (non-hydrogen) atoms. The lowest BCUT2D eigenvalue weighted by Gasteiger charge is -2.29. The predicted molar refractivity (Wildman–Crippen MR) is 199 cm³/mol. The summed E-state index contributed by atoms with van der Waals surface area (Å²) in [7, 11) is 0. The average Bonchev–Trinajstić information content (AvgIpc) is 3.48. The van der Waals surface area contributed by atoms with Gasteiger partial charge in [-0.1, -0.05) is 103 Å². The van der Waals surface area contributed by atoms with Gasteiger partial charge in [0.25, 0.3) is 0 Å². The molecule has 220 valence electrons. The largest absolute Gasteiger partial charge is 0.310 e. The van der Waals surface area contributed by atoms with E-state index in [1.54, 1.807) is 11.3 Å². The number of nitrogens with zero attached hydrogens (tertiary/aromatic N) is 2. The summed E-state index contributed by atoms with van der Waals surface area (Å²) in [6.07, 6.45) is 0. The van der Waals surface area contributed by atoms with Crippen molar-refractivity contribution < 1.29 is 0 Å². The number of rotatable bonds is 7. The molecule has 0 aliphatic heterocycles. The van der Waals surface area contributed by atoms with E-state index >= 15 is 0 Å². The van der Waals surface area contributed by atoms with Gasteiger partial charge in [-0.3, -0.25) is 0 Å². The van der Waals surface area contributed by atoms with E-state index in [4.69, 9.17) is 11.6 Å². The molecule has 1 aromatic heterocycles. The Bertz CT molecular complexity index is 2220.